The Kier molecular flexibility index (Phi) is 35.0. The highest BCUT2D eigenvalue weighted by Gasteiger charge is 2.43. The number of primary amides is 1. The summed E-state index contributed by atoms with van der Waals surface area (Å²) < 4.78 is 53.1. The maximum absolute atomic E-state index is 14.5. The van der Waals surface area contributed by atoms with Crippen LogP contribution in [0.3, 0.4) is 0 Å². The molecule has 6 aliphatic rings. The minimum atomic E-state index is -1.12. The largest absolute Gasteiger partial charge is 0.495 e. The number of anilines is 5. The zero-order chi connectivity index (χ0) is 87.2. The molecule has 5 aromatic rings. The molecule has 2 aliphatic carbocycles. The number of fused-ring (bicyclic) bond motifs is 2. The first kappa shape index (κ1) is 92.2. The summed E-state index contributed by atoms with van der Waals surface area (Å²) in [6, 6.07) is 13.6. The molecule has 37 heteroatoms. The molecule has 8 N–H and O–H groups in total. The Morgan fingerprint density at radius 2 is 1.42 bits per heavy atom. The van der Waals surface area contributed by atoms with E-state index in [4.69, 9.17) is 53.3 Å². The fourth-order valence-corrected chi connectivity index (χ4v) is 15.6. The number of nitrogens with two attached hydrogens (primary N) is 1. The van der Waals surface area contributed by atoms with Gasteiger partial charge in [0.25, 0.3) is 17.7 Å². The van der Waals surface area contributed by atoms with E-state index in [1.807, 2.05) is 42.1 Å². The Morgan fingerprint density at radius 3 is 2.08 bits per heavy atom. The lowest BCUT2D eigenvalue weighted by molar-refractivity contribution is -0.138. The van der Waals surface area contributed by atoms with Gasteiger partial charge in [0.2, 0.25) is 41.4 Å². The second kappa shape index (κ2) is 46.6. The van der Waals surface area contributed by atoms with Crippen molar-refractivity contribution in [1.29, 1.82) is 0 Å². The van der Waals surface area contributed by atoms with E-state index in [-0.39, 0.29) is 158 Å². The van der Waals surface area contributed by atoms with E-state index < -0.39 is 59.8 Å². The normalized spacial score (nSPS) is 18.1. The summed E-state index contributed by atoms with van der Waals surface area (Å²) in [5.74, 6) is 4.15. The molecule has 1 unspecified atom stereocenters. The van der Waals surface area contributed by atoms with Crippen molar-refractivity contribution in [3.8, 4) is 28.8 Å². The summed E-state index contributed by atoms with van der Waals surface area (Å²) in [6.07, 6.45) is 13.9. The molecule has 0 spiro atoms. The number of imide groups is 2. The zero-order valence-electron chi connectivity index (χ0n) is 70.5. The Morgan fingerprint density at radius 1 is 0.748 bits per heavy atom. The standard InChI is InChI=1S/C86H113N17O20/c1-6-69-83(112)98(4)71-52-89-85(95-78(71)103(69)63-15-7-8-16-63)92-66-28-21-59(51-72(66)115-5)68-54-102(97-96-68)62-26-24-61(25-27-62)99(35-39-116-37-10-9-13-58-14-11-17-64-65(58)53-101(82(64)111)70-29-30-73(104)94-80(70)109)86(114)123-55-57-19-22-60(23-20-57)90-79(108)67(18-12-34-88-84(87)113)91-81(110)77(56(2)3)93-74(105)33-38-117-41-43-119-45-47-121-49-50-122-48-46-120-44-42-118-40-36-100-75(106)31-32-76(100)107/h11,14,17,19-23,28,31-32,51-52,54,56,61-63,67,69-70,77H,6-8,10,12,15-16,18,24-27,29-30,33-50,53,55H2,1-5H3,(H,90,108)(H,91,110)(H,93,105)(H3,87,88,113)(H,89,92,95)(H,94,104,109)/t61?,62?,67-,69+,70?,77-/m0/s1. The molecule has 3 aromatic carbocycles. The summed E-state index contributed by atoms with van der Waals surface area (Å²) in [6.45, 7) is 9.94. The molecular weight excluding hydrogens is 1590 g/mol. The van der Waals surface area contributed by atoms with Crippen LogP contribution in [-0.4, -0.2) is 267 Å². The van der Waals surface area contributed by atoms with E-state index in [2.05, 4.69) is 63.9 Å². The van der Waals surface area contributed by atoms with Gasteiger partial charge in [-0.15, -0.1) is 5.10 Å². The minimum Gasteiger partial charge on any atom is -0.495 e. The van der Waals surface area contributed by atoms with Crippen molar-refractivity contribution in [2.45, 2.75) is 173 Å². The minimum absolute atomic E-state index is 0.0374. The SMILES string of the molecule is CC[C@@H]1C(=O)N(C)c2cnc(Nc3ccc(-c4cn(C5CCC(N(CCOCCC#Cc6cccc7c6CN(C6CCC(=O)NC6=O)C7=O)C(=O)OCc6ccc(NC(=O)[C@H](CCCNC(N)=O)NC(=O)[C@@H](NC(=O)CCOCCOCCOCCOCCOCCOCCN7C(=O)C=CC7=O)C(C)C)cc6)CC5)nn4)cc3OC)nc2N1C1CCCC1. The lowest BCUT2D eigenvalue weighted by Crippen LogP contribution is -2.55. The molecule has 0 radical (unpaired) electrons. The van der Waals surface area contributed by atoms with Gasteiger partial charge in [-0.3, -0.25) is 53.4 Å². The number of benzene rings is 3. The van der Waals surface area contributed by atoms with Crippen LogP contribution in [0.25, 0.3) is 11.3 Å². The molecule has 37 nitrogen and oxygen atoms in total. The highest BCUT2D eigenvalue weighted by atomic mass is 16.6. The molecule has 11 rings (SSSR count). The number of nitrogens with one attached hydrogen (secondary N) is 6. The first-order valence-electron chi connectivity index (χ1n) is 42.3. The first-order chi connectivity index (χ1) is 59.7. The lowest BCUT2D eigenvalue weighted by atomic mass is 9.90. The molecule has 662 valence electrons. The molecule has 2 aromatic heterocycles. The Labute approximate surface area is 714 Å². The topological polar surface area (TPSA) is 442 Å². The zero-order valence-corrected chi connectivity index (χ0v) is 70.5. The molecule has 2 saturated carbocycles. The number of ether oxygens (including phenoxy) is 9. The van der Waals surface area contributed by atoms with Crippen molar-refractivity contribution in [2.24, 2.45) is 11.7 Å². The third-order valence-electron chi connectivity index (χ3n) is 22.2. The number of methoxy groups -OCH3 is 1. The molecule has 4 aliphatic heterocycles. The van der Waals surface area contributed by atoms with Crippen LogP contribution in [0.5, 0.6) is 5.75 Å². The summed E-state index contributed by atoms with van der Waals surface area (Å²) in [5, 5.41) is 25.8. The number of amides is 12. The van der Waals surface area contributed by atoms with Gasteiger partial charge in [-0.25, -0.2) is 19.3 Å². The maximum atomic E-state index is 14.5. The summed E-state index contributed by atoms with van der Waals surface area (Å²) in [7, 11) is 3.36. The van der Waals surface area contributed by atoms with E-state index in [9.17, 15) is 52.7 Å². The molecule has 0 bridgehead atoms. The van der Waals surface area contributed by atoms with Crippen LogP contribution in [0, 0.1) is 17.8 Å². The van der Waals surface area contributed by atoms with Crippen molar-refractivity contribution in [3.05, 3.63) is 107 Å². The average molecular weight is 1700 g/mol. The number of aromatic nitrogens is 5. The number of hydrogen-bond donors (Lipinski definition) is 7. The van der Waals surface area contributed by atoms with Crippen molar-refractivity contribution in [3.63, 3.8) is 0 Å². The Bertz CT molecular complexity index is 4560. The summed E-state index contributed by atoms with van der Waals surface area (Å²) in [4.78, 5) is 160. The van der Waals surface area contributed by atoms with Crippen molar-refractivity contribution < 1.29 is 95.4 Å². The smallest absolute Gasteiger partial charge is 0.410 e. The third kappa shape index (κ3) is 26.0. The highest BCUT2D eigenvalue weighted by molar-refractivity contribution is 6.13. The molecule has 3 fully saturated rings. The number of nitrogens with zero attached hydrogens (tertiary/aromatic N) is 10. The van der Waals surface area contributed by atoms with Gasteiger partial charge in [-0.2, -0.15) is 4.98 Å². The second-order valence-electron chi connectivity index (χ2n) is 30.9. The van der Waals surface area contributed by atoms with Gasteiger partial charge in [-0.05, 0) is 118 Å². The van der Waals surface area contributed by atoms with Gasteiger partial charge < -0.3 is 94.5 Å². The quantitative estimate of drug-likeness (QED) is 0.0138. The van der Waals surface area contributed by atoms with Crippen molar-refractivity contribution >= 4 is 94.1 Å². The van der Waals surface area contributed by atoms with Crippen LogP contribution in [-0.2, 0) is 89.4 Å². The van der Waals surface area contributed by atoms with Gasteiger partial charge >= 0.3 is 12.1 Å². The third-order valence-corrected chi connectivity index (χ3v) is 22.2. The molecule has 6 heterocycles. The number of rotatable bonds is 47. The fourth-order valence-electron chi connectivity index (χ4n) is 15.6. The molecular formula is C86H113N17O20. The van der Waals surface area contributed by atoms with Crippen LogP contribution in [0.1, 0.15) is 150 Å². The number of urea groups is 1. The van der Waals surface area contributed by atoms with Gasteiger partial charge in [0.05, 0.1) is 130 Å². The van der Waals surface area contributed by atoms with Crippen LogP contribution >= 0.6 is 0 Å². The fraction of sp³-hybridized carbons (Fsp3) is 0.547. The number of piperidine rings is 1. The predicted molar refractivity (Wildman–Crippen MR) is 449 cm³/mol. The van der Waals surface area contributed by atoms with Crippen LogP contribution in [0.15, 0.2) is 85.2 Å². The van der Waals surface area contributed by atoms with E-state index in [0.29, 0.717) is 148 Å². The van der Waals surface area contributed by atoms with E-state index in [0.717, 1.165) is 42.0 Å². The van der Waals surface area contributed by atoms with Crippen LogP contribution in [0.4, 0.5) is 38.4 Å². The van der Waals surface area contributed by atoms with Gasteiger partial charge in [-0.1, -0.05) is 74.9 Å². The van der Waals surface area contributed by atoms with Crippen LogP contribution in [0.2, 0.25) is 0 Å². The molecule has 123 heavy (non-hydrogen) atoms. The maximum Gasteiger partial charge on any atom is 0.410 e. The van der Waals surface area contributed by atoms with E-state index in [1.54, 1.807) is 80.4 Å². The van der Waals surface area contributed by atoms with Crippen LogP contribution < -0.4 is 52.2 Å². The molecule has 4 atom stereocenters. The average Bonchev–Trinajstić information content (AvgIpc) is 1.76. The molecule has 12 amide bonds. The van der Waals surface area contributed by atoms with Gasteiger partial charge in [0.15, 0.2) is 5.82 Å². The second-order valence-corrected chi connectivity index (χ2v) is 30.9. The number of carbonyl (C=O) groups is 11. The summed E-state index contributed by atoms with van der Waals surface area (Å²) >= 11 is 0. The first-order valence-corrected chi connectivity index (χ1v) is 42.3. The molecule has 1 saturated heterocycles. The van der Waals surface area contributed by atoms with E-state index >= 15 is 0 Å². The van der Waals surface area contributed by atoms with Gasteiger partial charge in [0, 0.05) is 92.6 Å². The summed E-state index contributed by atoms with van der Waals surface area (Å²) in [5.41, 5.74) is 10.8. The number of carbonyl (C=O) groups excluding carboxylic acids is 11. The predicted octanol–water partition coefficient (Wildman–Crippen LogP) is 5.76. The number of likely N-dealkylation sites (N-methyl/N-ethyl adjacent to an activating group) is 1. The van der Waals surface area contributed by atoms with Crippen molar-refractivity contribution in [1.82, 2.24) is 60.9 Å². The highest BCUT2D eigenvalue weighted by Crippen LogP contribution is 2.42. The van der Waals surface area contributed by atoms with Crippen molar-refractivity contribution in [2.75, 3.05) is 147 Å². The van der Waals surface area contributed by atoms with Gasteiger partial charge in [0.1, 0.15) is 47.9 Å². The Hall–Kier alpha value is -11.5. The lowest BCUT2D eigenvalue weighted by Gasteiger charge is -2.43. The Balaban J connectivity index is 0.643. The van der Waals surface area contributed by atoms with E-state index in [1.165, 1.54) is 17.1 Å². The monoisotopic (exact) mass is 1700 g/mol. The number of hydrogen-bond acceptors (Lipinski definition) is 26.